The average molecular weight is 289 g/mol. The molecule has 4 nitrogen and oxygen atoms in total. The van der Waals surface area contributed by atoms with Crippen molar-refractivity contribution in [2.24, 2.45) is 0 Å². The van der Waals surface area contributed by atoms with Gasteiger partial charge in [-0.05, 0) is 23.8 Å². The summed E-state index contributed by atoms with van der Waals surface area (Å²) in [6.45, 7) is 0. The van der Waals surface area contributed by atoms with Crippen molar-refractivity contribution in [1.82, 2.24) is 4.98 Å². The summed E-state index contributed by atoms with van der Waals surface area (Å²) in [5, 5.41) is 17.1. The van der Waals surface area contributed by atoms with Crippen LogP contribution in [0.3, 0.4) is 0 Å². The van der Waals surface area contributed by atoms with Crippen LogP contribution in [-0.2, 0) is 6.18 Å². The third-order valence-electron chi connectivity index (χ3n) is 2.26. The van der Waals surface area contributed by atoms with Crippen LogP contribution in [0.15, 0.2) is 24.4 Å². The van der Waals surface area contributed by atoms with Gasteiger partial charge in [0.1, 0.15) is 11.3 Å². The van der Waals surface area contributed by atoms with Crippen LogP contribution in [0, 0.1) is 0 Å². The fraction of sp³-hybridized carbons (Fsp3) is 0.0909. The maximum Gasteiger partial charge on any atom is 0.443 e. The van der Waals surface area contributed by atoms with E-state index in [2.05, 4.69) is 4.98 Å². The van der Waals surface area contributed by atoms with Crippen molar-refractivity contribution in [2.75, 3.05) is 0 Å². The van der Waals surface area contributed by atoms with E-state index >= 15 is 0 Å². The molecule has 0 spiro atoms. The molecule has 1 heterocycles. The first kappa shape index (κ1) is 13.3. The lowest BCUT2D eigenvalue weighted by Crippen LogP contribution is -2.02. The summed E-state index contributed by atoms with van der Waals surface area (Å²) in [4.78, 5) is 14.2. The summed E-state index contributed by atoms with van der Waals surface area (Å²) in [6.07, 6.45) is -3.51. The van der Waals surface area contributed by atoms with Crippen LogP contribution in [0.1, 0.15) is 15.4 Å². The van der Waals surface area contributed by atoms with E-state index in [9.17, 15) is 23.1 Å². The number of hydrogen-bond donors (Lipinski definition) is 2. The van der Waals surface area contributed by atoms with Gasteiger partial charge in [0.25, 0.3) is 0 Å². The lowest BCUT2D eigenvalue weighted by molar-refractivity contribution is -0.137. The van der Waals surface area contributed by atoms with E-state index in [-0.39, 0.29) is 16.0 Å². The molecule has 1 aromatic carbocycles. The number of nitrogens with zero attached hydrogens (tertiary/aromatic N) is 1. The molecule has 0 amide bonds. The molecule has 1 aromatic heterocycles. The third kappa shape index (κ3) is 2.68. The Kier molecular flexibility index (Phi) is 3.19. The second-order valence-corrected chi connectivity index (χ2v) is 4.60. The topological polar surface area (TPSA) is 70.4 Å². The average Bonchev–Trinajstić information content (AvgIpc) is 2.78. The second kappa shape index (κ2) is 4.54. The number of aromatic carboxylic acids is 1. The number of halogens is 3. The van der Waals surface area contributed by atoms with Gasteiger partial charge in [0, 0.05) is 6.20 Å². The van der Waals surface area contributed by atoms with Gasteiger partial charge in [-0.3, -0.25) is 0 Å². The minimum Gasteiger partial charge on any atom is -0.507 e. The summed E-state index contributed by atoms with van der Waals surface area (Å²) in [5.74, 6) is -1.81. The zero-order valence-electron chi connectivity index (χ0n) is 9.10. The molecule has 0 fully saturated rings. The van der Waals surface area contributed by atoms with Crippen LogP contribution >= 0.6 is 11.3 Å². The lowest BCUT2D eigenvalue weighted by Gasteiger charge is -2.02. The van der Waals surface area contributed by atoms with Crippen LogP contribution < -0.4 is 0 Å². The summed E-state index contributed by atoms with van der Waals surface area (Å²) >= 11 is 0.409. The van der Waals surface area contributed by atoms with Crippen molar-refractivity contribution in [2.45, 2.75) is 6.18 Å². The van der Waals surface area contributed by atoms with Crippen molar-refractivity contribution in [3.05, 3.63) is 35.0 Å². The molecule has 0 atom stereocenters. The number of rotatable bonds is 2. The molecule has 2 N–H and O–H groups in total. The predicted molar refractivity (Wildman–Crippen MR) is 61.2 cm³/mol. The number of thiazole rings is 1. The molecule has 0 aliphatic heterocycles. The highest BCUT2D eigenvalue weighted by atomic mass is 32.1. The Morgan fingerprint density at radius 1 is 1.32 bits per heavy atom. The van der Waals surface area contributed by atoms with Crippen molar-refractivity contribution in [3.8, 4) is 16.2 Å². The number of aromatic hydroxyl groups is 1. The first-order chi connectivity index (χ1) is 8.79. The molecular formula is C11H6F3NO3S. The van der Waals surface area contributed by atoms with Crippen molar-refractivity contribution < 1.29 is 28.2 Å². The number of alkyl halides is 3. The first-order valence-electron chi connectivity index (χ1n) is 4.89. The number of phenols is 1. The predicted octanol–water partition coefficient (Wildman–Crippen LogP) is 3.23. The number of carboxylic acids is 1. The Balaban J connectivity index is 2.45. The fourth-order valence-corrected chi connectivity index (χ4v) is 2.18. The zero-order chi connectivity index (χ0) is 14.2. The molecule has 100 valence electrons. The molecule has 8 heteroatoms. The van der Waals surface area contributed by atoms with Crippen LogP contribution in [0.25, 0.3) is 10.4 Å². The van der Waals surface area contributed by atoms with E-state index in [0.717, 1.165) is 18.3 Å². The quantitative estimate of drug-likeness (QED) is 0.890. The highest BCUT2D eigenvalue weighted by Gasteiger charge is 2.34. The SMILES string of the molecule is O=C(O)c1cc(-c2cnc(C(F)(F)F)s2)ccc1O. The molecule has 0 aliphatic carbocycles. The molecule has 0 unspecified atom stereocenters. The maximum absolute atomic E-state index is 12.4. The molecule has 19 heavy (non-hydrogen) atoms. The van der Waals surface area contributed by atoms with Crippen LogP contribution in [0.4, 0.5) is 13.2 Å². The summed E-state index contributed by atoms with van der Waals surface area (Å²) < 4.78 is 37.2. The van der Waals surface area contributed by atoms with Gasteiger partial charge in [0.15, 0.2) is 5.01 Å². The summed E-state index contributed by atoms with van der Waals surface area (Å²) in [5.41, 5.74) is -0.123. The third-order valence-corrected chi connectivity index (χ3v) is 3.35. The number of benzene rings is 1. The Bertz CT molecular complexity index is 636. The minimum atomic E-state index is -4.53. The molecule has 0 aliphatic rings. The van der Waals surface area contributed by atoms with Gasteiger partial charge in [-0.1, -0.05) is 0 Å². The van der Waals surface area contributed by atoms with Gasteiger partial charge in [-0.25, -0.2) is 9.78 Å². The normalized spacial score (nSPS) is 11.5. The number of hydrogen-bond acceptors (Lipinski definition) is 4. The van der Waals surface area contributed by atoms with Crippen molar-refractivity contribution in [1.29, 1.82) is 0 Å². The largest absolute Gasteiger partial charge is 0.507 e. The van der Waals surface area contributed by atoms with Crippen LogP contribution in [0.2, 0.25) is 0 Å². The van der Waals surface area contributed by atoms with E-state index in [1.807, 2.05) is 0 Å². The molecule has 0 bridgehead atoms. The van der Waals surface area contributed by atoms with Crippen LogP contribution in [-0.4, -0.2) is 21.2 Å². The molecule has 0 saturated carbocycles. The number of aromatic nitrogens is 1. The fourth-order valence-electron chi connectivity index (χ4n) is 1.40. The molecule has 2 rings (SSSR count). The van der Waals surface area contributed by atoms with Gasteiger partial charge in [-0.2, -0.15) is 13.2 Å². The molecular weight excluding hydrogens is 283 g/mol. The van der Waals surface area contributed by atoms with E-state index in [0.29, 0.717) is 11.3 Å². The highest BCUT2D eigenvalue weighted by Crippen LogP contribution is 2.37. The highest BCUT2D eigenvalue weighted by molar-refractivity contribution is 7.15. The van der Waals surface area contributed by atoms with Crippen molar-refractivity contribution in [3.63, 3.8) is 0 Å². The van der Waals surface area contributed by atoms with E-state index < -0.39 is 22.9 Å². The van der Waals surface area contributed by atoms with Gasteiger partial charge in [0.2, 0.25) is 0 Å². The molecule has 0 radical (unpaired) electrons. The van der Waals surface area contributed by atoms with Crippen LogP contribution in [0.5, 0.6) is 5.75 Å². The first-order valence-corrected chi connectivity index (χ1v) is 5.70. The number of carbonyl (C=O) groups is 1. The number of carboxylic acid groups (broad SMARTS) is 1. The monoisotopic (exact) mass is 289 g/mol. The Labute approximate surface area is 108 Å². The minimum absolute atomic E-state index is 0.176. The van der Waals surface area contributed by atoms with Gasteiger partial charge >= 0.3 is 12.1 Å². The Morgan fingerprint density at radius 2 is 2.00 bits per heavy atom. The van der Waals surface area contributed by atoms with Gasteiger partial charge in [-0.15, -0.1) is 11.3 Å². The molecule has 2 aromatic rings. The Morgan fingerprint density at radius 3 is 2.53 bits per heavy atom. The smallest absolute Gasteiger partial charge is 0.443 e. The lowest BCUT2D eigenvalue weighted by atomic mass is 10.1. The standard InChI is InChI=1S/C11H6F3NO3S/c12-11(13,14)10-15-4-8(19-10)5-1-2-7(16)6(3-5)9(17)18/h1-4,16H,(H,17,18). The molecule has 0 saturated heterocycles. The summed E-state index contributed by atoms with van der Waals surface area (Å²) in [6, 6.07) is 3.55. The maximum atomic E-state index is 12.4. The van der Waals surface area contributed by atoms with Gasteiger partial charge < -0.3 is 10.2 Å². The zero-order valence-corrected chi connectivity index (χ0v) is 9.92. The second-order valence-electron chi connectivity index (χ2n) is 3.56. The van der Waals surface area contributed by atoms with E-state index in [1.54, 1.807) is 0 Å². The van der Waals surface area contributed by atoms with E-state index in [1.165, 1.54) is 6.07 Å². The Hall–Kier alpha value is -2.09. The van der Waals surface area contributed by atoms with Crippen molar-refractivity contribution >= 4 is 17.3 Å². The summed E-state index contributed by atoms with van der Waals surface area (Å²) in [7, 11) is 0. The van der Waals surface area contributed by atoms with Gasteiger partial charge in [0.05, 0.1) is 4.88 Å². The van der Waals surface area contributed by atoms with E-state index in [4.69, 9.17) is 5.11 Å².